The van der Waals surface area contributed by atoms with Crippen molar-refractivity contribution in [3.63, 3.8) is 0 Å². The van der Waals surface area contributed by atoms with Crippen LogP contribution in [0.15, 0.2) is 28.8 Å². The Hall–Kier alpha value is -1.92. The lowest BCUT2D eigenvalue weighted by atomic mass is 10.2. The van der Waals surface area contributed by atoms with Crippen LogP contribution in [0.4, 0.5) is 0 Å². The van der Waals surface area contributed by atoms with E-state index in [0.717, 1.165) is 37.6 Å². The van der Waals surface area contributed by atoms with Gasteiger partial charge in [0, 0.05) is 19.6 Å². The maximum Gasteiger partial charge on any atom is 0.267 e. The average Bonchev–Trinajstić information content (AvgIpc) is 3.02. The Kier molecular flexibility index (Phi) is 4.93. The first-order valence-electron chi connectivity index (χ1n) is 8.15. The molecule has 124 valence electrons. The molecule has 1 aliphatic heterocycles. The van der Waals surface area contributed by atoms with Crippen molar-refractivity contribution >= 4 is 0 Å². The molecule has 2 unspecified atom stereocenters. The van der Waals surface area contributed by atoms with Crippen molar-refractivity contribution in [1.82, 2.24) is 20.4 Å². The van der Waals surface area contributed by atoms with E-state index in [1.54, 1.807) is 0 Å². The Morgan fingerprint density at radius 3 is 3.09 bits per heavy atom. The third kappa shape index (κ3) is 3.71. The molecule has 1 aromatic carbocycles. The lowest BCUT2D eigenvalue weighted by molar-refractivity contribution is 0.153. The smallest absolute Gasteiger partial charge is 0.267 e. The largest absolute Gasteiger partial charge is 0.481 e. The first-order valence-corrected chi connectivity index (χ1v) is 8.15. The quantitative estimate of drug-likeness (QED) is 0.914. The van der Waals surface area contributed by atoms with Gasteiger partial charge < -0.3 is 14.6 Å². The van der Waals surface area contributed by atoms with Crippen molar-refractivity contribution < 1.29 is 9.26 Å². The van der Waals surface area contributed by atoms with E-state index in [4.69, 9.17) is 9.26 Å². The molecule has 2 atom stereocenters. The fourth-order valence-corrected chi connectivity index (χ4v) is 2.77. The van der Waals surface area contributed by atoms with Crippen molar-refractivity contribution in [2.24, 2.45) is 0 Å². The second-order valence-electron chi connectivity index (χ2n) is 6.02. The SMILES string of the molecule is CCC(Oc1cccc(C)c1)c1nc(C2CNCCN2C)no1. The van der Waals surface area contributed by atoms with Crippen LogP contribution in [0, 0.1) is 6.92 Å². The van der Waals surface area contributed by atoms with Gasteiger partial charge in [-0.25, -0.2) is 0 Å². The van der Waals surface area contributed by atoms with Gasteiger partial charge in [0.15, 0.2) is 11.9 Å². The molecule has 23 heavy (non-hydrogen) atoms. The number of rotatable bonds is 5. The number of hydrogen-bond donors (Lipinski definition) is 1. The molecule has 0 spiro atoms. The fraction of sp³-hybridized carbons (Fsp3) is 0.529. The molecule has 1 aliphatic rings. The van der Waals surface area contributed by atoms with E-state index in [0.29, 0.717) is 5.89 Å². The summed E-state index contributed by atoms with van der Waals surface area (Å²) < 4.78 is 11.5. The lowest BCUT2D eigenvalue weighted by Crippen LogP contribution is -2.44. The third-order valence-corrected chi connectivity index (χ3v) is 4.18. The Labute approximate surface area is 136 Å². The second-order valence-corrected chi connectivity index (χ2v) is 6.02. The van der Waals surface area contributed by atoms with Gasteiger partial charge in [-0.2, -0.15) is 4.98 Å². The van der Waals surface area contributed by atoms with E-state index in [1.807, 2.05) is 31.2 Å². The van der Waals surface area contributed by atoms with Crippen LogP contribution < -0.4 is 10.1 Å². The number of benzene rings is 1. The predicted octanol–water partition coefficient (Wildman–Crippen LogP) is 2.48. The van der Waals surface area contributed by atoms with Crippen molar-refractivity contribution in [1.29, 1.82) is 0 Å². The van der Waals surface area contributed by atoms with Gasteiger partial charge in [0.2, 0.25) is 0 Å². The van der Waals surface area contributed by atoms with Gasteiger partial charge in [0.25, 0.3) is 5.89 Å². The fourth-order valence-electron chi connectivity index (χ4n) is 2.77. The van der Waals surface area contributed by atoms with Crippen molar-refractivity contribution in [2.45, 2.75) is 32.4 Å². The summed E-state index contributed by atoms with van der Waals surface area (Å²) in [5.74, 6) is 2.09. The summed E-state index contributed by atoms with van der Waals surface area (Å²) >= 11 is 0. The standard InChI is InChI=1S/C17H24N4O2/c1-4-15(22-13-7-5-6-12(2)10-13)17-19-16(20-23-17)14-11-18-8-9-21(14)3/h5-7,10,14-15,18H,4,8-9,11H2,1-3H3. The van der Waals surface area contributed by atoms with Crippen LogP contribution in [-0.2, 0) is 0 Å². The van der Waals surface area contributed by atoms with Crippen LogP contribution in [0.5, 0.6) is 5.75 Å². The zero-order valence-corrected chi connectivity index (χ0v) is 14.0. The molecule has 6 heteroatoms. The number of likely N-dealkylation sites (N-methyl/N-ethyl adjacent to an activating group) is 1. The molecule has 0 aliphatic carbocycles. The van der Waals surface area contributed by atoms with E-state index >= 15 is 0 Å². The molecule has 3 rings (SSSR count). The van der Waals surface area contributed by atoms with Crippen LogP contribution >= 0.6 is 0 Å². The van der Waals surface area contributed by atoms with E-state index < -0.39 is 0 Å². The van der Waals surface area contributed by atoms with Crippen LogP contribution in [0.25, 0.3) is 0 Å². The summed E-state index contributed by atoms with van der Waals surface area (Å²) in [5.41, 5.74) is 1.17. The Bertz CT molecular complexity index is 643. The summed E-state index contributed by atoms with van der Waals surface area (Å²) in [6, 6.07) is 8.15. The molecule has 0 radical (unpaired) electrons. The molecule has 2 heterocycles. The predicted molar refractivity (Wildman–Crippen MR) is 87.4 cm³/mol. The van der Waals surface area contributed by atoms with E-state index in [2.05, 4.69) is 34.3 Å². The highest BCUT2D eigenvalue weighted by Gasteiger charge is 2.27. The number of aromatic nitrogens is 2. The highest BCUT2D eigenvalue weighted by Crippen LogP contribution is 2.26. The number of nitrogens with one attached hydrogen (secondary N) is 1. The molecule has 0 bridgehead atoms. The van der Waals surface area contributed by atoms with Gasteiger partial charge in [-0.1, -0.05) is 24.2 Å². The molecule has 2 aromatic rings. The van der Waals surface area contributed by atoms with E-state index in [1.165, 1.54) is 5.56 Å². The zero-order valence-electron chi connectivity index (χ0n) is 14.0. The summed E-state index contributed by atoms with van der Waals surface area (Å²) in [4.78, 5) is 6.83. The topological polar surface area (TPSA) is 63.4 Å². The van der Waals surface area contributed by atoms with E-state index in [-0.39, 0.29) is 12.1 Å². The highest BCUT2D eigenvalue weighted by molar-refractivity contribution is 5.27. The average molecular weight is 316 g/mol. The van der Waals surface area contributed by atoms with Crippen LogP contribution in [0.1, 0.15) is 42.8 Å². The number of hydrogen-bond acceptors (Lipinski definition) is 6. The molecular formula is C17H24N4O2. The lowest BCUT2D eigenvalue weighted by Gasteiger charge is -2.30. The van der Waals surface area contributed by atoms with Crippen molar-refractivity contribution in [3.05, 3.63) is 41.5 Å². The molecule has 1 aromatic heterocycles. The Balaban J connectivity index is 1.74. The normalized spacial score (nSPS) is 20.4. The molecule has 0 amide bonds. The van der Waals surface area contributed by atoms with Gasteiger partial charge in [-0.15, -0.1) is 0 Å². The summed E-state index contributed by atoms with van der Waals surface area (Å²) in [7, 11) is 2.09. The summed E-state index contributed by atoms with van der Waals surface area (Å²) in [5, 5.41) is 7.54. The monoisotopic (exact) mass is 316 g/mol. The Morgan fingerprint density at radius 1 is 1.48 bits per heavy atom. The second kappa shape index (κ2) is 7.10. The van der Waals surface area contributed by atoms with Gasteiger partial charge in [-0.3, -0.25) is 4.90 Å². The third-order valence-electron chi connectivity index (χ3n) is 4.18. The van der Waals surface area contributed by atoms with Crippen LogP contribution in [-0.4, -0.2) is 41.7 Å². The minimum atomic E-state index is -0.222. The molecule has 6 nitrogen and oxygen atoms in total. The van der Waals surface area contributed by atoms with Gasteiger partial charge in [0.1, 0.15) is 5.75 Å². The number of ether oxygens (including phenoxy) is 1. The maximum absolute atomic E-state index is 6.03. The Morgan fingerprint density at radius 2 is 2.35 bits per heavy atom. The number of piperazine rings is 1. The molecule has 1 N–H and O–H groups in total. The first-order chi connectivity index (χ1) is 11.2. The summed E-state index contributed by atoms with van der Waals surface area (Å²) in [6.07, 6.45) is 0.550. The number of aryl methyl sites for hydroxylation is 1. The van der Waals surface area contributed by atoms with Crippen LogP contribution in [0.3, 0.4) is 0 Å². The zero-order chi connectivity index (χ0) is 16.2. The van der Waals surface area contributed by atoms with Gasteiger partial charge in [0.05, 0.1) is 6.04 Å². The van der Waals surface area contributed by atoms with Gasteiger partial charge >= 0.3 is 0 Å². The maximum atomic E-state index is 6.03. The van der Waals surface area contributed by atoms with Crippen LogP contribution in [0.2, 0.25) is 0 Å². The minimum Gasteiger partial charge on any atom is -0.481 e. The number of nitrogens with zero attached hydrogens (tertiary/aromatic N) is 3. The summed E-state index contributed by atoms with van der Waals surface area (Å²) in [6.45, 7) is 6.91. The molecule has 1 saturated heterocycles. The minimum absolute atomic E-state index is 0.151. The first kappa shape index (κ1) is 16.0. The highest BCUT2D eigenvalue weighted by atomic mass is 16.5. The van der Waals surface area contributed by atoms with E-state index in [9.17, 15) is 0 Å². The van der Waals surface area contributed by atoms with Crippen molar-refractivity contribution in [2.75, 3.05) is 26.7 Å². The van der Waals surface area contributed by atoms with Crippen molar-refractivity contribution in [3.8, 4) is 5.75 Å². The molecular weight excluding hydrogens is 292 g/mol. The molecule has 1 fully saturated rings. The van der Waals surface area contributed by atoms with Gasteiger partial charge in [-0.05, 0) is 38.1 Å². The molecule has 0 saturated carbocycles.